The third-order valence-corrected chi connectivity index (χ3v) is 4.67. The van der Waals surface area contributed by atoms with Crippen LogP contribution in [0.2, 0.25) is 0 Å². The van der Waals surface area contributed by atoms with Crippen LogP contribution in [-0.2, 0) is 9.53 Å². The zero-order chi connectivity index (χ0) is 18.2. The predicted molar refractivity (Wildman–Crippen MR) is 102 cm³/mol. The molecule has 0 saturated heterocycles. The molecule has 1 unspecified atom stereocenters. The number of fused-ring (bicyclic) bond motifs is 1. The quantitative estimate of drug-likeness (QED) is 0.400. The molecule has 0 aliphatic carbocycles. The summed E-state index contributed by atoms with van der Waals surface area (Å²) in [6, 6.07) is 10.1. The van der Waals surface area contributed by atoms with Crippen LogP contribution in [0.1, 0.15) is 31.2 Å². The van der Waals surface area contributed by atoms with Gasteiger partial charge in [-0.05, 0) is 31.4 Å². The first-order valence-electron chi connectivity index (χ1n) is 8.30. The first-order valence-corrected chi connectivity index (χ1v) is 9.11. The zero-order valence-electron chi connectivity index (χ0n) is 14.8. The number of hydrogen-bond donors (Lipinski definition) is 3. The number of guanidine groups is 1. The maximum absolute atomic E-state index is 11.5. The summed E-state index contributed by atoms with van der Waals surface area (Å²) in [6.45, 7) is 4.40. The van der Waals surface area contributed by atoms with Crippen LogP contribution in [0.25, 0.3) is 10.1 Å². The molecule has 1 aromatic heterocycles. The van der Waals surface area contributed by atoms with E-state index in [4.69, 9.17) is 4.74 Å². The molecule has 1 aromatic carbocycles. The number of hydrogen-bond acceptors (Lipinski definition) is 5. The number of aliphatic hydroxyl groups is 1. The van der Waals surface area contributed by atoms with Crippen molar-refractivity contribution in [2.75, 3.05) is 20.1 Å². The number of nitrogens with one attached hydrogen (secondary N) is 2. The van der Waals surface area contributed by atoms with Crippen molar-refractivity contribution in [1.29, 1.82) is 0 Å². The molecule has 2 aromatic rings. The number of esters is 1. The van der Waals surface area contributed by atoms with Crippen LogP contribution in [0.15, 0.2) is 35.3 Å². The van der Waals surface area contributed by atoms with Gasteiger partial charge >= 0.3 is 5.97 Å². The number of benzene rings is 1. The summed E-state index contributed by atoms with van der Waals surface area (Å²) in [5.74, 6) is 0.292. The van der Waals surface area contributed by atoms with Gasteiger partial charge in [0.2, 0.25) is 0 Å². The summed E-state index contributed by atoms with van der Waals surface area (Å²) in [6.07, 6.45) is -0.471. The molecule has 7 heteroatoms. The molecule has 6 nitrogen and oxygen atoms in total. The molecule has 1 heterocycles. The van der Waals surface area contributed by atoms with Gasteiger partial charge in [0.1, 0.15) is 6.10 Å². The van der Waals surface area contributed by atoms with Crippen LogP contribution >= 0.6 is 11.3 Å². The molecule has 0 aliphatic rings. The second-order valence-electron chi connectivity index (χ2n) is 5.87. The Balaban J connectivity index is 1.78. The van der Waals surface area contributed by atoms with Gasteiger partial charge in [0, 0.05) is 29.7 Å². The van der Waals surface area contributed by atoms with E-state index in [1.54, 1.807) is 18.4 Å². The Morgan fingerprint density at radius 1 is 1.32 bits per heavy atom. The van der Waals surface area contributed by atoms with Crippen LogP contribution in [0.5, 0.6) is 0 Å². The van der Waals surface area contributed by atoms with E-state index in [-0.39, 0.29) is 18.5 Å². The lowest BCUT2D eigenvalue weighted by Gasteiger charge is -2.14. The first kappa shape index (κ1) is 19.2. The number of carbonyl (C=O) groups excluding carboxylic acids is 1. The van der Waals surface area contributed by atoms with E-state index in [9.17, 15) is 9.90 Å². The Hall–Kier alpha value is -2.12. The molecule has 0 aliphatic heterocycles. The van der Waals surface area contributed by atoms with Gasteiger partial charge in [0.25, 0.3) is 0 Å². The van der Waals surface area contributed by atoms with Crippen molar-refractivity contribution in [2.45, 2.75) is 32.5 Å². The van der Waals surface area contributed by atoms with Gasteiger partial charge in [-0.1, -0.05) is 18.2 Å². The fourth-order valence-electron chi connectivity index (χ4n) is 2.29. The zero-order valence-corrected chi connectivity index (χ0v) is 15.6. The van der Waals surface area contributed by atoms with Crippen LogP contribution in [0, 0.1) is 0 Å². The summed E-state index contributed by atoms with van der Waals surface area (Å²) in [7, 11) is 1.65. The standard InChI is InChI=1S/C18H25N3O3S/c1-12(2)24-17(23)8-9-20-18(19-3)21-11-14(22)16-10-13-6-4-5-7-15(13)25-16/h4-7,10,12,14,22H,8-9,11H2,1-3H3,(H2,19,20,21). The number of aliphatic imine (C=N–C) groups is 1. The number of ether oxygens (including phenoxy) is 1. The fraction of sp³-hybridized carbons (Fsp3) is 0.444. The molecular weight excluding hydrogens is 338 g/mol. The molecule has 0 fully saturated rings. The third-order valence-electron chi connectivity index (χ3n) is 3.45. The highest BCUT2D eigenvalue weighted by molar-refractivity contribution is 7.19. The number of nitrogens with zero attached hydrogens (tertiary/aromatic N) is 1. The van der Waals surface area contributed by atoms with Crippen LogP contribution in [0.3, 0.4) is 0 Å². The maximum atomic E-state index is 11.5. The smallest absolute Gasteiger partial charge is 0.307 e. The van der Waals surface area contributed by atoms with Crippen molar-refractivity contribution in [3.63, 3.8) is 0 Å². The van der Waals surface area contributed by atoms with Gasteiger partial charge in [-0.25, -0.2) is 0 Å². The summed E-state index contributed by atoms with van der Waals surface area (Å²) in [4.78, 5) is 16.5. The van der Waals surface area contributed by atoms with Crippen molar-refractivity contribution in [3.05, 3.63) is 35.2 Å². The molecule has 1 atom stereocenters. The minimum absolute atomic E-state index is 0.110. The lowest BCUT2D eigenvalue weighted by atomic mass is 10.2. The Morgan fingerprint density at radius 3 is 2.76 bits per heavy atom. The van der Waals surface area contributed by atoms with Crippen molar-refractivity contribution in [2.24, 2.45) is 4.99 Å². The van der Waals surface area contributed by atoms with E-state index in [0.29, 0.717) is 19.0 Å². The number of rotatable bonds is 7. The molecular formula is C18H25N3O3S. The average molecular weight is 363 g/mol. The summed E-state index contributed by atoms with van der Waals surface area (Å²) in [5.41, 5.74) is 0. The highest BCUT2D eigenvalue weighted by Gasteiger charge is 2.12. The maximum Gasteiger partial charge on any atom is 0.307 e. The Labute approximate surface area is 151 Å². The monoisotopic (exact) mass is 363 g/mol. The molecule has 25 heavy (non-hydrogen) atoms. The van der Waals surface area contributed by atoms with E-state index in [1.165, 1.54) is 0 Å². The van der Waals surface area contributed by atoms with Crippen molar-refractivity contribution in [1.82, 2.24) is 10.6 Å². The van der Waals surface area contributed by atoms with E-state index < -0.39 is 6.10 Å². The largest absolute Gasteiger partial charge is 0.463 e. The first-order chi connectivity index (χ1) is 12.0. The fourth-order valence-corrected chi connectivity index (χ4v) is 3.34. The van der Waals surface area contributed by atoms with Gasteiger partial charge in [-0.2, -0.15) is 0 Å². The lowest BCUT2D eigenvalue weighted by molar-refractivity contribution is -0.147. The molecule has 0 spiro atoms. The SMILES string of the molecule is CN=C(NCCC(=O)OC(C)C)NCC(O)c1cc2ccccc2s1. The topological polar surface area (TPSA) is 83.0 Å². The van der Waals surface area contributed by atoms with Crippen molar-refractivity contribution >= 4 is 33.4 Å². The average Bonchev–Trinajstić information content (AvgIpc) is 3.01. The van der Waals surface area contributed by atoms with Crippen LogP contribution in [0.4, 0.5) is 0 Å². The highest BCUT2D eigenvalue weighted by Crippen LogP contribution is 2.29. The van der Waals surface area contributed by atoms with Gasteiger partial charge in [0.15, 0.2) is 5.96 Å². The normalized spacial score (nSPS) is 13.1. The van der Waals surface area contributed by atoms with Crippen molar-refractivity contribution in [3.8, 4) is 0 Å². The molecule has 2 rings (SSSR count). The van der Waals surface area contributed by atoms with Crippen LogP contribution < -0.4 is 10.6 Å². The number of carbonyl (C=O) groups is 1. The molecule has 0 bridgehead atoms. The van der Waals surface area contributed by atoms with Crippen molar-refractivity contribution < 1.29 is 14.6 Å². The Kier molecular flexibility index (Phi) is 7.21. The molecule has 0 radical (unpaired) electrons. The third kappa shape index (κ3) is 6.03. The van der Waals surface area contributed by atoms with E-state index in [1.807, 2.05) is 44.2 Å². The summed E-state index contributed by atoms with van der Waals surface area (Å²) in [5, 5.41) is 17.6. The van der Waals surface area contributed by atoms with E-state index in [0.717, 1.165) is 15.0 Å². The summed E-state index contributed by atoms with van der Waals surface area (Å²) < 4.78 is 6.23. The van der Waals surface area contributed by atoms with E-state index in [2.05, 4.69) is 15.6 Å². The Bertz CT molecular complexity index is 694. The predicted octanol–water partition coefficient (Wildman–Crippen LogP) is 2.44. The molecule has 136 valence electrons. The van der Waals surface area contributed by atoms with Crippen LogP contribution in [-0.4, -0.2) is 43.3 Å². The minimum Gasteiger partial charge on any atom is -0.463 e. The second kappa shape index (κ2) is 9.39. The highest BCUT2D eigenvalue weighted by atomic mass is 32.1. The second-order valence-corrected chi connectivity index (χ2v) is 6.99. The van der Waals surface area contributed by atoms with Gasteiger partial charge in [-0.15, -0.1) is 11.3 Å². The molecule has 0 saturated carbocycles. The summed E-state index contributed by atoms with van der Waals surface area (Å²) >= 11 is 1.58. The van der Waals surface area contributed by atoms with Gasteiger partial charge in [-0.3, -0.25) is 9.79 Å². The lowest BCUT2D eigenvalue weighted by Crippen LogP contribution is -2.40. The van der Waals surface area contributed by atoms with Gasteiger partial charge in [0.05, 0.1) is 12.5 Å². The molecule has 0 amide bonds. The van der Waals surface area contributed by atoms with E-state index >= 15 is 0 Å². The minimum atomic E-state index is -0.623. The molecule has 3 N–H and O–H groups in total. The van der Waals surface area contributed by atoms with Gasteiger partial charge < -0.3 is 20.5 Å². The number of thiophene rings is 1. The number of aliphatic hydroxyl groups excluding tert-OH is 1. The Morgan fingerprint density at radius 2 is 2.08 bits per heavy atom.